The summed E-state index contributed by atoms with van der Waals surface area (Å²) in [5.41, 5.74) is 4.01. The third kappa shape index (κ3) is 6.71. The maximum atomic E-state index is 12.4. The topological polar surface area (TPSA) is 82.1 Å². The smallest absolute Gasteiger partial charge is 0.341 e. The van der Waals surface area contributed by atoms with Crippen LogP contribution in [0.1, 0.15) is 56.1 Å². The van der Waals surface area contributed by atoms with Crippen molar-refractivity contribution in [2.45, 2.75) is 51.9 Å². The average Bonchev–Trinajstić information content (AvgIpc) is 2.89. The summed E-state index contributed by atoms with van der Waals surface area (Å²) in [6.45, 7) is 11.1. The molecule has 0 atom stereocenters. The molecule has 192 valence electrons. The lowest BCUT2D eigenvalue weighted by Crippen LogP contribution is -2.17. The summed E-state index contributed by atoms with van der Waals surface area (Å²) in [6.07, 6.45) is 5.55. The van der Waals surface area contributed by atoms with Gasteiger partial charge in [0.25, 0.3) is 0 Å². The molecule has 1 fully saturated rings. The minimum absolute atomic E-state index is 0.0219. The molecule has 0 heterocycles. The van der Waals surface area contributed by atoms with E-state index in [4.69, 9.17) is 14.2 Å². The molecule has 0 amide bonds. The van der Waals surface area contributed by atoms with Crippen molar-refractivity contribution in [3.05, 3.63) is 71.8 Å². The summed E-state index contributed by atoms with van der Waals surface area (Å²) in [4.78, 5) is 24.6. The normalized spacial score (nSPS) is 17.3. The van der Waals surface area contributed by atoms with Crippen LogP contribution >= 0.6 is 0 Å². The molecule has 1 aliphatic carbocycles. The van der Waals surface area contributed by atoms with E-state index < -0.39 is 18.5 Å². The highest BCUT2D eigenvalue weighted by atomic mass is 16.5. The second-order valence-corrected chi connectivity index (χ2v) is 9.44. The van der Waals surface area contributed by atoms with Gasteiger partial charge in [0, 0.05) is 7.11 Å². The van der Waals surface area contributed by atoms with Crippen molar-refractivity contribution in [1.82, 2.24) is 0 Å². The van der Waals surface area contributed by atoms with Gasteiger partial charge in [0.15, 0.2) is 0 Å². The lowest BCUT2D eigenvalue weighted by Gasteiger charge is -2.29. The Morgan fingerprint density at radius 3 is 2.08 bits per heavy atom. The molecule has 0 aromatic heterocycles. The number of aliphatic hydroxyl groups excluding tert-OH is 1. The highest BCUT2D eigenvalue weighted by Gasteiger charge is 2.25. The van der Waals surface area contributed by atoms with Gasteiger partial charge in [-0.25, -0.2) is 9.59 Å². The number of rotatable bonds is 10. The second kappa shape index (κ2) is 12.7. The van der Waals surface area contributed by atoms with Gasteiger partial charge in [0.1, 0.15) is 11.5 Å². The number of hydrogen-bond acceptors (Lipinski definition) is 6. The first-order valence-corrected chi connectivity index (χ1v) is 12.4. The SMILES string of the molecule is C=C(COC)C(=O)Oc1ccc(-c2ccc(OC(=O)C(=C)CO)c(C3CCC(CC)CC3)c2)cc1C. The van der Waals surface area contributed by atoms with Crippen LogP contribution in [0.3, 0.4) is 0 Å². The van der Waals surface area contributed by atoms with Gasteiger partial charge in [-0.2, -0.15) is 0 Å². The van der Waals surface area contributed by atoms with Crippen molar-refractivity contribution >= 4 is 11.9 Å². The fourth-order valence-corrected chi connectivity index (χ4v) is 4.61. The molecule has 1 N–H and O–H groups in total. The lowest BCUT2D eigenvalue weighted by atomic mass is 9.77. The largest absolute Gasteiger partial charge is 0.423 e. The molecule has 36 heavy (non-hydrogen) atoms. The number of benzene rings is 2. The van der Waals surface area contributed by atoms with Gasteiger partial charge < -0.3 is 19.3 Å². The molecule has 0 saturated heterocycles. The molecular formula is C30H36O6. The molecule has 0 unspecified atom stereocenters. The second-order valence-electron chi connectivity index (χ2n) is 9.44. The number of carbonyl (C=O) groups is 2. The van der Waals surface area contributed by atoms with Crippen molar-refractivity contribution in [3.8, 4) is 22.6 Å². The summed E-state index contributed by atoms with van der Waals surface area (Å²) >= 11 is 0. The van der Waals surface area contributed by atoms with Gasteiger partial charge in [-0.3, -0.25) is 0 Å². The molecule has 6 nitrogen and oxygen atoms in total. The van der Waals surface area contributed by atoms with E-state index in [0.29, 0.717) is 11.5 Å². The number of ether oxygens (including phenoxy) is 3. The van der Waals surface area contributed by atoms with Crippen molar-refractivity contribution in [1.29, 1.82) is 0 Å². The zero-order valence-electron chi connectivity index (χ0n) is 21.5. The van der Waals surface area contributed by atoms with Crippen LogP contribution in [-0.4, -0.2) is 37.4 Å². The number of esters is 2. The zero-order valence-corrected chi connectivity index (χ0v) is 21.5. The van der Waals surface area contributed by atoms with Gasteiger partial charge in [0.05, 0.1) is 24.4 Å². The van der Waals surface area contributed by atoms with Gasteiger partial charge in [0.2, 0.25) is 0 Å². The Hall–Kier alpha value is -3.22. The maximum Gasteiger partial charge on any atom is 0.341 e. The molecular weight excluding hydrogens is 456 g/mol. The fraction of sp³-hybridized carbons (Fsp3) is 0.400. The highest BCUT2D eigenvalue weighted by molar-refractivity contribution is 5.90. The quantitative estimate of drug-likeness (QED) is 0.252. The van der Waals surface area contributed by atoms with Gasteiger partial charge >= 0.3 is 11.9 Å². The molecule has 2 aromatic rings. The zero-order chi connectivity index (χ0) is 26.2. The monoisotopic (exact) mass is 492 g/mol. The van der Waals surface area contributed by atoms with Crippen LogP contribution < -0.4 is 9.47 Å². The van der Waals surface area contributed by atoms with Crippen LogP contribution in [0.25, 0.3) is 11.1 Å². The predicted molar refractivity (Wildman–Crippen MR) is 140 cm³/mol. The van der Waals surface area contributed by atoms with Crippen molar-refractivity contribution in [2.24, 2.45) is 5.92 Å². The maximum absolute atomic E-state index is 12.4. The van der Waals surface area contributed by atoms with Gasteiger partial charge in [-0.05, 0) is 91.0 Å². The Morgan fingerprint density at radius 2 is 1.50 bits per heavy atom. The summed E-state index contributed by atoms with van der Waals surface area (Å²) in [5, 5.41) is 9.27. The summed E-state index contributed by atoms with van der Waals surface area (Å²) in [7, 11) is 1.50. The fourth-order valence-electron chi connectivity index (χ4n) is 4.61. The van der Waals surface area contributed by atoms with E-state index in [1.165, 1.54) is 13.5 Å². The molecule has 1 aliphatic rings. The molecule has 3 rings (SSSR count). The number of aryl methyl sites for hydroxylation is 1. The molecule has 0 aliphatic heterocycles. The van der Waals surface area contributed by atoms with Crippen LogP contribution in [-0.2, 0) is 14.3 Å². The van der Waals surface area contributed by atoms with Crippen LogP contribution in [0.2, 0.25) is 0 Å². The van der Waals surface area contributed by atoms with Crippen LogP contribution in [0.4, 0.5) is 0 Å². The van der Waals surface area contributed by atoms with E-state index >= 15 is 0 Å². The third-order valence-corrected chi connectivity index (χ3v) is 6.87. The van der Waals surface area contributed by atoms with E-state index in [1.807, 2.05) is 31.2 Å². The number of carbonyl (C=O) groups excluding carboxylic acids is 2. The first-order chi connectivity index (χ1) is 17.3. The molecule has 1 saturated carbocycles. The van der Waals surface area contributed by atoms with Gasteiger partial charge in [-0.1, -0.05) is 38.6 Å². The van der Waals surface area contributed by atoms with E-state index in [1.54, 1.807) is 6.07 Å². The molecule has 0 spiro atoms. The number of hydrogen-bond donors (Lipinski definition) is 1. The minimum atomic E-state index is -0.620. The van der Waals surface area contributed by atoms with Crippen molar-refractivity contribution in [3.63, 3.8) is 0 Å². The first-order valence-electron chi connectivity index (χ1n) is 12.4. The van der Waals surface area contributed by atoms with Crippen molar-refractivity contribution in [2.75, 3.05) is 20.3 Å². The standard InChI is InChI=1S/C30H36O6/c1-6-22-7-9-23(10-8-22)26-16-25(12-14-28(26)36-29(32)20(3)17-31)24-11-13-27(19(2)15-24)35-30(33)21(4)18-34-5/h11-16,22-23,31H,3-4,6-10,17-18H2,1-2,5H3. The minimum Gasteiger partial charge on any atom is -0.423 e. The summed E-state index contributed by atoms with van der Waals surface area (Å²) < 4.78 is 16.1. The van der Waals surface area contributed by atoms with E-state index in [-0.39, 0.29) is 23.7 Å². The van der Waals surface area contributed by atoms with Crippen LogP contribution in [0.15, 0.2) is 60.7 Å². The predicted octanol–water partition coefficient (Wildman–Crippen LogP) is 5.91. The summed E-state index contributed by atoms with van der Waals surface area (Å²) in [5.74, 6) is 0.858. The van der Waals surface area contributed by atoms with Crippen LogP contribution in [0.5, 0.6) is 11.5 Å². The molecule has 0 radical (unpaired) electrons. The summed E-state index contributed by atoms with van der Waals surface area (Å²) in [6, 6.07) is 11.5. The van der Waals surface area contributed by atoms with Crippen molar-refractivity contribution < 1.29 is 28.9 Å². The van der Waals surface area contributed by atoms with E-state index in [9.17, 15) is 14.7 Å². The number of aliphatic hydroxyl groups is 1. The van der Waals surface area contributed by atoms with E-state index in [2.05, 4.69) is 26.1 Å². The Morgan fingerprint density at radius 1 is 0.917 bits per heavy atom. The molecule has 6 heteroatoms. The van der Waals surface area contributed by atoms with Crippen LogP contribution in [0, 0.1) is 12.8 Å². The molecule has 2 aromatic carbocycles. The van der Waals surface area contributed by atoms with E-state index in [0.717, 1.165) is 53.9 Å². The Labute approximate surface area is 213 Å². The molecule has 0 bridgehead atoms. The lowest BCUT2D eigenvalue weighted by molar-refractivity contribution is -0.131. The average molecular weight is 493 g/mol. The van der Waals surface area contributed by atoms with Gasteiger partial charge in [-0.15, -0.1) is 0 Å². The third-order valence-electron chi connectivity index (χ3n) is 6.87. The first kappa shape index (κ1) is 27.4. The highest BCUT2D eigenvalue weighted by Crippen LogP contribution is 2.42. The Bertz CT molecular complexity index is 1120. The Kier molecular flexibility index (Phi) is 9.62. The number of methoxy groups -OCH3 is 1. The Balaban J connectivity index is 1.89.